The average Bonchev–Trinajstić information content (AvgIpc) is 2.86. The second-order valence-corrected chi connectivity index (χ2v) is 6.78. The Balaban J connectivity index is 2.06. The lowest BCUT2D eigenvalue weighted by molar-refractivity contribution is 0.105. The van der Waals surface area contributed by atoms with Gasteiger partial charge in [-0.3, -0.25) is 0 Å². The van der Waals surface area contributed by atoms with Crippen molar-refractivity contribution in [1.82, 2.24) is 4.72 Å². The minimum atomic E-state index is -3.97. The lowest BCUT2D eigenvalue weighted by Gasteiger charge is -2.12. The summed E-state index contributed by atoms with van der Waals surface area (Å²) in [6.45, 7) is 0.885. The molecular formula is C12H16ClFN2O3S. The van der Waals surface area contributed by atoms with Gasteiger partial charge in [0.2, 0.25) is 10.0 Å². The fourth-order valence-corrected chi connectivity index (χ4v) is 3.55. The zero-order chi connectivity index (χ0) is 14.8. The SMILES string of the molecule is Nc1cc(Cl)c(F)c(S(=O)(=O)NCCC2CCCO2)c1. The van der Waals surface area contributed by atoms with Crippen LogP contribution in [-0.4, -0.2) is 27.7 Å². The van der Waals surface area contributed by atoms with Crippen molar-refractivity contribution < 1.29 is 17.5 Å². The van der Waals surface area contributed by atoms with Gasteiger partial charge in [-0.2, -0.15) is 0 Å². The normalized spacial score (nSPS) is 19.4. The summed E-state index contributed by atoms with van der Waals surface area (Å²) in [5.41, 5.74) is 5.58. The number of anilines is 1. The molecular weight excluding hydrogens is 307 g/mol. The zero-order valence-electron chi connectivity index (χ0n) is 10.7. The van der Waals surface area contributed by atoms with Crippen LogP contribution in [0.25, 0.3) is 0 Å². The maximum absolute atomic E-state index is 13.8. The molecule has 0 bridgehead atoms. The van der Waals surface area contributed by atoms with Crippen LogP contribution in [0.2, 0.25) is 5.02 Å². The van der Waals surface area contributed by atoms with Crippen LogP contribution in [0.5, 0.6) is 0 Å². The largest absolute Gasteiger partial charge is 0.399 e. The van der Waals surface area contributed by atoms with E-state index in [4.69, 9.17) is 22.1 Å². The molecule has 0 spiro atoms. The minimum Gasteiger partial charge on any atom is -0.399 e. The molecule has 1 fully saturated rings. The van der Waals surface area contributed by atoms with E-state index in [2.05, 4.69) is 4.72 Å². The van der Waals surface area contributed by atoms with Gasteiger partial charge in [-0.05, 0) is 31.4 Å². The first-order valence-electron chi connectivity index (χ1n) is 6.26. The summed E-state index contributed by atoms with van der Waals surface area (Å²) >= 11 is 5.60. The molecule has 1 aromatic carbocycles. The van der Waals surface area contributed by atoms with E-state index in [1.165, 1.54) is 6.07 Å². The van der Waals surface area contributed by atoms with E-state index in [1.807, 2.05) is 0 Å². The number of nitrogen functional groups attached to an aromatic ring is 1. The van der Waals surface area contributed by atoms with Crippen molar-refractivity contribution in [1.29, 1.82) is 0 Å². The third-order valence-electron chi connectivity index (χ3n) is 3.09. The summed E-state index contributed by atoms with van der Waals surface area (Å²) in [5, 5.41) is -0.315. The summed E-state index contributed by atoms with van der Waals surface area (Å²) < 4.78 is 45.5. The van der Waals surface area contributed by atoms with Gasteiger partial charge < -0.3 is 10.5 Å². The average molecular weight is 323 g/mol. The number of hydrogen-bond donors (Lipinski definition) is 2. The smallest absolute Gasteiger partial charge is 0.243 e. The van der Waals surface area contributed by atoms with Crippen LogP contribution >= 0.6 is 11.6 Å². The summed E-state index contributed by atoms with van der Waals surface area (Å²) in [6, 6.07) is 2.22. The molecule has 1 heterocycles. The summed E-state index contributed by atoms with van der Waals surface area (Å²) in [6.07, 6.45) is 2.51. The molecule has 0 radical (unpaired) electrons. The highest BCUT2D eigenvalue weighted by atomic mass is 35.5. The maximum Gasteiger partial charge on any atom is 0.243 e. The summed E-state index contributed by atoms with van der Waals surface area (Å²) in [7, 11) is -3.97. The van der Waals surface area contributed by atoms with Crippen molar-refractivity contribution in [2.24, 2.45) is 0 Å². The second kappa shape index (κ2) is 6.26. The molecule has 1 saturated heterocycles. The summed E-state index contributed by atoms with van der Waals surface area (Å²) in [4.78, 5) is -0.533. The Morgan fingerprint density at radius 1 is 1.50 bits per heavy atom. The Kier molecular flexibility index (Phi) is 4.85. The molecule has 0 saturated carbocycles. The molecule has 8 heteroatoms. The third kappa shape index (κ3) is 3.60. The van der Waals surface area contributed by atoms with Crippen LogP contribution in [0.4, 0.5) is 10.1 Å². The third-order valence-corrected chi connectivity index (χ3v) is 4.82. The van der Waals surface area contributed by atoms with Crippen LogP contribution in [0.1, 0.15) is 19.3 Å². The first kappa shape index (κ1) is 15.5. The van der Waals surface area contributed by atoms with E-state index < -0.39 is 20.7 Å². The molecule has 0 aliphatic carbocycles. The van der Waals surface area contributed by atoms with E-state index >= 15 is 0 Å². The van der Waals surface area contributed by atoms with Crippen molar-refractivity contribution in [3.8, 4) is 0 Å². The molecule has 112 valence electrons. The molecule has 1 atom stereocenters. The molecule has 0 aromatic heterocycles. The molecule has 2 rings (SSSR count). The van der Waals surface area contributed by atoms with Gasteiger partial charge in [0.15, 0.2) is 5.82 Å². The van der Waals surface area contributed by atoms with Crippen LogP contribution in [-0.2, 0) is 14.8 Å². The Hall–Kier alpha value is -0.890. The van der Waals surface area contributed by atoms with Crippen LogP contribution in [0.15, 0.2) is 17.0 Å². The van der Waals surface area contributed by atoms with Crippen molar-refractivity contribution >= 4 is 27.3 Å². The van der Waals surface area contributed by atoms with E-state index in [0.29, 0.717) is 13.0 Å². The number of halogens is 2. The van der Waals surface area contributed by atoms with Crippen molar-refractivity contribution in [3.63, 3.8) is 0 Å². The van der Waals surface area contributed by atoms with Crippen LogP contribution in [0.3, 0.4) is 0 Å². The fraction of sp³-hybridized carbons (Fsp3) is 0.500. The number of sulfonamides is 1. The molecule has 1 unspecified atom stereocenters. The minimum absolute atomic E-state index is 0.0620. The van der Waals surface area contributed by atoms with Crippen molar-refractivity contribution in [3.05, 3.63) is 23.0 Å². The maximum atomic E-state index is 13.8. The number of hydrogen-bond acceptors (Lipinski definition) is 4. The topological polar surface area (TPSA) is 81.4 Å². The Labute approximate surface area is 122 Å². The second-order valence-electron chi connectivity index (χ2n) is 4.64. The van der Waals surface area contributed by atoms with E-state index in [9.17, 15) is 12.8 Å². The lowest BCUT2D eigenvalue weighted by Crippen LogP contribution is -2.28. The van der Waals surface area contributed by atoms with Gasteiger partial charge in [0.05, 0.1) is 11.1 Å². The molecule has 1 aliphatic heterocycles. The number of rotatable bonds is 5. The lowest BCUT2D eigenvalue weighted by atomic mass is 10.2. The summed E-state index contributed by atoms with van der Waals surface area (Å²) in [5.74, 6) is -0.995. The highest BCUT2D eigenvalue weighted by Gasteiger charge is 2.22. The van der Waals surface area contributed by atoms with Crippen LogP contribution < -0.4 is 10.5 Å². The Morgan fingerprint density at radius 2 is 2.25 bits per heavy atom. The quantitative estimate of drug-likeness (QED) is 0.811. The highest BCUT2D eigenvalue weighted by Crippen LogP contribution is 2.25. The van der Waals surface area contributed by atoms with E-state index in [0.717, 1.165) is 18.9 Å². The van der Waals surface area contributed by atoms with Gasteiger partial charge in [0.25, 0.3) is 0 Å². The van der Waals surface area contributed by atoms with Crippen LogP contribution in [0, 0.1) is 5.82 Å². The first-order valence-corrected chi connectivity index (χ1v) is 8.12. The zero-order valence-corrected chi connectivity index (χ0v) is 12.3. The predicted molar refractivity (Wildman–Crippen MR) is 74.6 cm³/mol. The van der Waals surface area contributed by atoms with Gasteiger partial charge in [0, 0.05) is 18.8 Å². The molecule has 20 heavy (non-hydrogen) atoms. The Bertz CT molecular complexity index is 589. The van der Waals surface area contributed by atoms with E-state index in [1.54, 1.807) is 0 Å². The molecule has 0 amide bonds. The number of ether oxygens (including phenoxy) is 1. The first-order chi connectivity index (χ1) is 9.40. The van der Waals surface area contributed by atoms with Gasteiger partial charge in [-0.15, -0.1) is 0 Å². The standard InChI is InChI=1S/C12H16ClFN2O3S/c13-10-6-8(15)7-11(12(10)14)20(17,18)16-4-3-9-2-1-5-19-9/h6-7,9,16H,1-5,15H2. The van der Waals surface area contributed by atoms with Gasteiger partial charge in [-0.1, -0.05) is 11.6 Å². The molecule has 1 aliphatic rings. The fourth-order valence-electron chi connectivity index (χ4n) is 2.08. The molecule has 5 nitrogen and oxygen atoms in total. The number of nitrogens with one attached hydrogen (secondary N) is 1. The van der Waals surface area contributed by atoms with Crippen molar-refractivity contribution in [2.45, 2.75) is 30.3 Å². The van der Waals surface area contributed by atoms with Crippen molar-refractivity contribution in [2.75, 3.05) is 18.9 Å². The van der Waals surface area contributed by atoms with Gasteiger partial charge in [-0.25, -0.2) is 17.5 Å². The predicted octanol–water partition coefficient (Wildman–Crippen LogP) is 1.91. The molecule has 3 N–H and O–H groups in total. The van der Waals surface area contributed by atoms with Gasteiger partial charge >= 0.3 is 0 Å². The Morgan fingerprint density at radius 3 is 2.90 bits per heavy atom. The number of nitrogens with two attached hydrogens (primary N) is 1. The monoisotopic (exact) mass is 322 g/mol. The molecule has 1 aromatic rings. The highest BCUT2D eigenvalue weighted by molar-refractivity contribution is 7.89. The number of benzene rings is 1. The van der Waals surface area contributed by atoms with Gasteiger partial charge in [0.1, 0.15) is 4.90 Å². The van der Waals surface area contributed by atoms with E-state index in [-0.39, 0.29) is 23.4 Å².